The first kappa shape index (κ1) is 17.9. The molecular formula is C22H21N3O3. The molecule has 0 radical (unpaired) electrons. The molecule has 1 amide bonds. The third-order valence-electron chi connectivity index (χ3n) is 4.52. The molecule has 6 nitrogen and oxygen atoms in total. The fourth-order valence-corrected chi connectivity index (χ4v) is 3.14. The number of hydrogen-bond acceptors (Lipinski definition) is 4. The quantitative estimate of drug-likeness (QED) is 0.490. The van der Waals surface area contributed by atoms with Gasteiger partial charge in [-0.3, -0.25) is 4.79 Å². The van der Waals surface area contributed by atoms with Crippen molar-refractivity contribution in [3.8, 4) is 5.75 Å². The molecule has 28 heavy (non-hydrogen) atoms. The van der Waals surface area contributed by atoms with Crippen LogP contribution in [0.25, 0.3) is 11.0 Å². The predicted octanol–water partition coefficient (Wildman–Crippen LogP) is 3.98. The summed E-state index contributed by atoms with van der Waals surface area (Å²) in [6.45, 7) is 1.51. The van der Waals surface area contributed by atoms with Crippen molar-refractivity contribution in [2.24, 2.45) is 0 Å². The largest absolute Gasteiger partial charge is 0.492 e. The van der Waals surface area contributed by atoms with E-state index in [2.05, 4.69) is 4.57 Å². The molecule has 0 aliphatic heterocycles. The number of amides is 1. The highest BCUT2D eigenvalue weighted by Gasteiger charge is 2.18. The Morgan fingerprint density at radius 3 is 2.64 bits per heavy atom. The molecule has 6 heteroatoms. The summed E-state index contributed by atoms with van der Waals surface area (Å²) in [5.74, 6) is 1.78. The first-order valence-corrected chi connectivity index (χ1v) is 9.13. The maximum absolute atomic E-state index is 12.5. The normalized spacial score (nSPS) is 10.9. The molecule has 0 fully saturated rings. The van der Waals surface area contributed by atoms with Crippen molar-refractivity contribution in [1.29, 1.82) is 0 Å². The molecule has 0 aliphatic carbocycles. The van der Waals surface area contributed by atoms with Gasteiger partial charge in [0, 0.05) is 7.05 Å². The third kappa shape index (κ3) is 3.76. The summed E-state index contributed by atoms with van der Waals surface area (Å²) in [6.07, 6.45) is 1.50. The number of carbonyl (C=O) groups excluding carboxylic acids is 1. The van der Waals surface area contributed by atoms with E-state index in [1.54, 1.807) is 24.1 Å². The summed E-state index contributed by atoms with van der Waals surface area (Å²) in [7, 11) is 1.75. The fraction of sp³-hybridized carbons (Fsp3) is 0.182. The van der Waals surface area contributed by atoms with Crippen LogP contribution in [-0.2, 0) is 13.1 Å². The van der Waals surface area contributed by atoms with E-state index in [0.29, 0.717) is 25.5 Å². The highest BCUT2D eigenvalue weighted by atomic mass is 16.5. The summed E-state index contributed by atoms with van der Waals surface area (Å²) < 4.78 is 13.2. The highest BCUT2D eigenvalue weighted by molar-refractivity contribution is 5.91. The predicted molar refractivity (Wildman–Crippen MR) is 106 cm³/mol. The Balaban J connectivity index is 1.53. The number of ether oxygens (including phenoxy) is 1. The molecule has 0 saturated heterocycles. The first-order chi connectivity index (χ1) is 13.7. The minimum Gasteiger partial charge on any atom is -0.492 e. The van der Waals surface area contributed by atoms with E-state index < -0.39 is 0 Å². The zero-order valence-electron chi connectivity index (χ0n) is 15.6. The van der Waals surface area contributed by atoms with Gasteiger partial charge >= 0.3 is 0 Å². The zero-order valence-corrected chi connectivity index (χ0v) is 15.6. The SMILES string of the molecule is CN(Cc1nc2ccccc2n1CCOc1ccccc1)C(=O)c1ccco1. The van der Waals surface area contributed by atoms with E-state index in [1.165, 1.54) is 6.26 Å². The molecule has 0 N–H and O–H groups in total. The number of benzene rings is 2. The number of aromatic nitrogens is 2. The molecular weight excluding hydrogens is 354 g/mol. The number of hydrogen-bond donors (Lipinski definition) is 0. The van der Waals surface area contributed by atoms with Gasteiger partial charge in [-0.15, -0.1) is 0 Å². The standard InChI is InChI=1S/C22H21N3O3/c1-24(22(26)20-12-7-14-28-20)16-21-23-18-10-5-6-11-19(18)25(21)13-15-27-17-8-3-2-4-9-17/h2-12,14H,13,15-16H2,1H3. The van der Waals surface area contributed by atoms with E-state index >= 15 is 0 Å². The number of nitrogens with zero attached hydrogens (tertiary/aromatic N) is 3. The summed E-state index contributed by atoms with van der Waals surface area (Å²) >= 11 is 0. The van der Waals surface area contributed by atoms with Gasteiger partial charge in [-0.2, -0.15) is 0 Å². The molecule has 0 aliphatic rings. The van der Waals surface area contributed by atoms with Crippen LogP contribution in [0.15, 0.2) is 77.4 Å². The monoisotopic (exact) mass is 375 g/mol. The fourth-order valence-electron chi connectivity index (χ4n) is 3.14. The minimum absolute atomic E-state index is 0.177. The number of imidazole rings is 1. The van der Waals surface area contributed by atoms with E-state index in [9.17, 15) is 4.79 Å². The molecule has 0 saturated carbocycles. The molecule has 4 rings (SSSR count). The van der Waals surface area contributed by atoms with Crippen LogP contribution in [0.4, 0.5) is 0 Å². The molecule has 0 spiro atoms. The van der Waals surface area contributed by atoms with Gasteiger partial charge in [-0.1, -0.05) is 30.3 Å². The van der Waals surface area contributed by atoms with Crippen molar-refractivity contribution >= 4 is 16.9 Å². The zero-order chi connectivity index (χ0) is 19.3. The minimum atomic E-state index is -0.177. The second-order valence-corrected chi connectivity index (χ2v) is 6.47. The molecule has 2 aromatic heterocycles. The van der Waals surface area contributed by atoms with Crippen molar-refractivity contribution in [1.82, 2.24) is 14.5 Å². The molecule has 142 valence electrons. The Hall–Kier alpha value is -3.54. The van der Waals surface area contributed by atoms with Crippen LogP contribution in [0.1, 0.15) is 16.4 Å². The lowest BCUT2D eigenvalue weighted by molar-refractivity contribution is 0.0748. The lowest BCUT2D eigenvalue weighted by Crippen LogP contribution is -2.27. The van der Waals surface area contributed by atoms with Gasteiger partial charge in [0.25, 0.3) is 5.91 Å². The van der Waals surface area contributed by atoms with Gasteiger partial charge in [0.05, 0.1) is 30.4 Å². The Morgan fingerprint density at radius 2 is 1.86 bits per heavy atom. The maximum Gasteiger partial charge on any atom is 0.289 e. The molecule has 2 aromatic carbocycles. The molecule has 0 bridgehead atoms. The molecule has 0 atom stereocenters. The first-order valence-electron chi connectivity index (χ1n) is 9.13. The van der Waals surface area contributed by atoms with Crippen LogP contribution in [0, 0.1) is 0 Å². The second-order valence-electron chi connectivity index (χ2n) is 6.47. The summed E-state index contributed by atoms with van der Waals surface area (Å²) in [6, 6.07) is 21.0. The molecule has 2 heterocycles. The smallest absolute Gasteiger partial charge is 0.289 e. The number of fused-ring (bicyclic) bond motifs is 1. The van der Waals surface area contributed by atoms with Crippen molar-refractivity contribution in [3.63, 3.8) is 0 Å². The van der Waals surface area contributed by atoms with Crippen LogP contribution < -0.4 is 4.74 Å². The van der Waals surface area contributed by atoms with E-state index in [0.717, 1.165) is 22.6 Å². The van der Waals surface area contributed by atoms with E-state index in [1.807, 2.05) is 54.6 Å². The molecule has 0 unspecified atom stereocenters. The Labute approximate surface area is 163 Å². The highest BCUT2D eigenvalue weighted by Crippen LogP contribution is 2.18. The van der Waals surface area contributed by atoms with Gasteiger partial charge in [0.1, 0.15) is 18.2 Å². The number of rotatable bonds is 7. The maximum atomic E-state index is 12.5. The van der Waals surface area contributed by atoms with Gasteiger partial charge in [-0.25, -0.2) is 4.98 Å². The van der Waals surface area contributed by atoms with Crippen LogP contribution in [0.3, 0.4) is 0 Å². The average molecular weight is 375 g/mol. The Morgan fingerprint density at radius 1 is 1.07 bits per heavy atom. The topological polar surface area (TPSA) is 60.5 Å². The average Bonchev–Trinajstić information content (AvgIpc) is 3.37. The third-order valence-corrected chi connectivity index (χ3v) is 4.52. The number of para-hydroxylation sites is 3. The van der Waals surface area contributed by atoms with E-state index in [4.69, 9.17) is 14.1 Å². The van der Waals surface area contributed by atoms with Gasteiger partial charge in [-0.05, 0) is 36.4 Å². The van der Waals surface area contributed by atoms with Gasteiger partial charge in [0.15, 0.2) is 5.76 Å². The molecule has 4 aromatic rings. The van der Waals surface area contributed by atoms with Crippen LogP contribution in [0.2, 0.25) is 0 Å². The second kappa shape index (κ2) is 8.00. The number of furan rings is 1. The van der Waals surface area contributed by atoms with Gasteiger partial charge in [0.2, 0.25) is 0 Å². The Kier molecular flexibility index (Phi) is 5.10. The van der Waals surface area contributed by atoms with Crippen LogP contribution in [-0.4, -0.2) is 34.0 Å². The van der Waals surface area contributed by atoms with Crippen molar-refractivity contribution in [3.05, 3.63) is 84.6 Å². The van der Waals surface area contributed by atoms with E-state index in [-0.39, 0.29) is 5.91 Å². The van der Waals surface area contributed by atoms with Crippen LogP contribution in [0.5, 0.6) is 5.75 Å². The van der Waals surface area contributed by atoms with Crippen LogP contribution >= 0.6 is 0 Å². The van der Waals surface area contributed by atoms with Crippen molar-refractivity contribution in [2.75, 3.05) is 13.7 Å². The Bertz CT molecular complexity index is 1060. The lowest BCUT2D eigenvalue weighted by Gasteiger charge is -2.17. The summed E-state index contributed by atoms with van der Waals surface area (Å²) in [5, 5.41) is 0. The summed E-state index contributed by atoms with van der Waals surface area (Å²) in [5.41, 5.74) is 1.92. The summed E-state index contributed by atoms with van der Waals surface area (Å²) in [4.78, 5) is 18.8. The van der Waals surface area contributed by atoms with Gasteiger partial charge < -0.3 is 18.6 Å². The van der Waals surface area contributed by atoms with Crippen molar-refractivity contribution < 1.29 is 13.9 Å². The van der Waals surface area contributed by atoms with Crippen molar-refractivity contribution in [2.45, 2.75) is 13.1 Å². The lowest BCUT2D eigenvalue weighted by atomic mass is 10.3. The number of carbonyl (C=O) groups is 1.